The van der Waals surface area contributed by atoms with Crippen molar-refractivity contribution in [1.82, 2.24) is 18.9 Å². The molecule has 0 amide bonds. The number of halogens is 2. The number of nitrogens with zero attached hydrogens (tertiary/aromatic N) is 4. The zero-order valence-corrected chi connectivity index (χ0v) is 25.5. The average Bonchev–Trinajstić information content (AvgIpc) is 3.32. The van der Waals surface area contributed by atoms with E-state index in [1.54, 1.807) is 27.2 Å². The number of piperidine rings is 1. The topological polar surface area (TPSA) is 79.6 Å². The molecule has 0 aliphatic carbocycles. The molecule has 1 aliphatic rings. The van der Waals surface area contributed by atoms with Crippen molar-refractivity contribution in [3.8, 4) is 11.3 Å². The van der Waals surface area contributed by atoms with Crippen LogP contribution in [0.2, 0.25) is 5.02 Å². The Morgan fingerprint density at radius 3 is 2.62 bits per heavy atom. The van der Waals surface area contributed by atoms with Crippen molar-refractivity contribution in [2.75, 3.05) is 25.0 Å². The minimum atomic E-state index is -3.57. The number of hydrogen-bond acceptors (Lipinski definition) is 5. The van der Waals surface area contributed by atoms with Crippen LogP contribution in [0.5, 0.6) is 0 Å². The predicted molar refractivity (Wildman–Crippen MR) is 161 cm³/mol. The van der Waals surface area contributed by atoms with E-state index in [2.05, 4.69) is 47.1 Å². The van der Waals surface area contributed by atoms with Crippen molar-refractivity contribution < 1.29 is 8.42 Å². The number of rotatable bonds is 8. The van der Waals surface area contributed by atoms with Crippen LogP contribution in [-0.2, 0) is 15.4 Å². The van der Waals surface area contributed by atoms with E-state index in [4.69, 9.17) is 16.6 Å². The van der Waals surface area contributed by atoms with Gasteiger partial charge in [0, 0.05) is 36.3 Å². The number of benzene rings is 2. The fourth-order valence-electron chi connectivity index (χ4n) is 4.96. The van der Waals surface area contributed by atoms with E-state index in [-0.39, 0.29) is 11.3 Å². The molecule has 39 heavy (non-hydrogen) atoms. The Bertz CT molecular complexity index is 1590. The smallest absolute Gasteiger partial charge is 0.243 e. The van der Waals surface area contributed by atoms with E-state index >= 15 is 0 Å². The summed E-state index contributed by atoms with van der Waals surface area (Å²) in [6, 6.07) is 16.9. The Hall–Kier alpha value is -2.46. The first kappa shape index (κ1) is 28.1. The number of aromatic nitrogens is 3. The molecule has 0 unspecified atom stereocenters. The molecule has 2 aromatic carbocycles. The van der Waals surface area contributed by atoms with Crippen LogP contribution < -0.4 is 5.32 Å². The second kappa shape index (κ2) is 11.2. The SMILES string of the molecule is CCC(C)(C)c1ccc(S(=O)(=O)N2CCC[C@@H](CNc3cc(-c4ccccc4Cl)nc4c(Br)cnn34)C2)cc1. The molecule has 0 radical (unpaired) electrons. The van der Waals surface area contributed by atoms with Crippen LogP contribution in [0.1, 0.15) is 45.6 Å². The summed E-state index contributed by atoms with van der Waals surface area (Å²) in [5.74, 6) is 0.924. The highest BCUT2D eigenvalue weighted by Crippen LogP contribution is 2.32. The molecule has 0 bridgehead atoms. The number of anilines is 1. The molecule has 1 N–H and O–H groups in total. The van der Waals surface area contributed by atoms with Gasteiger partial charge in [-0.1, -0.05) is 62.7 Å². The van der Waals surface area contributed by atoms with Gasteiger partial charge in [0.2, 0.25) is 10.0 Å². The molecule has 5 rings (SSSR count). The van der Waals surface area contributed by atoms with Crippen LogP contribution in [0.4, 0.5) is 5.82 Å². The first-order valence-corrected chi connectivity index (χ1v) is 15.8. The number of sulfonamides is 1. The molecular weight excluding hydrogens is 598 g/mol. The normalized spacial score (nSPS) is 17.0. The molecule has 7 nitrogen and oxygen atoms in total. The van der Waals surface area contributed by atoms with Gasteiger partial charge in [0.05, 0.1) is 21.3 Å². The molecule has 0 spiro atoms. The van der Waals surface area contributed by atoms with E-state index in [1.165, 1.54) is 0 Å². The Balaban J connectivity index is 1.34. The zero-order valence-electron chi connectivity index (χ0n) is 22.4. The van der Waals surface area contributed by atoms with Gasteiger partial charge in [-0.25, -0.2) is 13.4 Å². The van der Waals surface area contributed by atoms with Gasteiger partial charge in [-0.3, -0.25) is 0 Å². The highest BCUT2D eigenvalue weighted by molar-refractivity contribution is 9.10. The lowest BCUT2D eigenvalue weighted by Gasteiger charge is -2.32. The number of nitrogens with one attached hydrogen (secondary N) is 1. The van der Waals surface area contributed by atoms with Gasteiger partial charge in [-0.05, 0) is 70.3 Å². The van der Waals surface area contributed by atoms with Gasteiger partial charge >= 0.3 is 0 Å². The highest BCUT2D eigenvalue weighted by atomic mass is 79.9. The van der Waals surface area contributed by atoms with Crippen molar-refractivity contribution in [3.05, 3.63) is 75.9 Å². The molecule has 2 aromatic heterocycles. The Morgan fingerprint density at radius 2 is 1.90 bits per heavy atom. The van der Waals surface area contributed by atoms with Crippen molar-refractivity contribution in [3.63, 3.8) is 0 Å². The Morgan fingerprint density at radius 1 is 1.15 bits per heavy atom. The van der Waals surface area contributed by atoms with Crippen molar-refractivity contribution >= 4 is 49.0 Å². The molecule has 10 heteroatoms. The fourth-order valence-corrected chi connectivity index (χ4v) is 7.10. The summed E-state index contributed by atoms with van der Waals surface area (Å²) < 4.78 is 31.2. The molecule has 206 valence electrons. The van der Waals surface area contributed by atoms with Gasteiger partial charge in [0.1, 0.15) is 5.82 Å². The van der Waals surface area contributed by atoms with Crippen LogP contribution in [0.3, 0.4) is 0 Å². The molecule has 1 aliphatic heterocycles. The third-order valence-electron chi connectivity index (χ3n) is 7.79. The Kier molecular flexibility index (Phi) is 8.06. The van der Waals surface area contributed by atoms with Gasteiger partial charge in [0.15, 0.2) is 5.65 Å². The molecule has 0 saturated carbocycles. The number of fused-ring (bicyclic) bond motifs is 1. The van der Waals surface area contributed by atoms with Crippen LogP contribution >= 0.6 is 27.5 Å². The first-order chi connectivity index (χ1) is 18.6. The van der Waals surface area contributed by atoms with E-state index in [0.717, 1.165) is 46.4 Å². The lowest BCUT2D eigenvalue weighted by molar-refractivity contribution is 0.275. The standard InChI is InChI=1S/C29H33BrClN5O2S/c1-4-29(2,3)21-11-13-22(14-12-21)39(37,38)35-15-7-8-20(19-35)17-32-27-16-26(23-9-5-6-10-25(23)31)34-28-24(30)18-33-36(27)28/h5-6,9-14,16,18,20,32H,4,7-8,15,17,19H2,1-3H3/t20-/m0/s1. The minimum absolute atomic E-state index is 0.0123. The largest absolute Gasteiger partial charge is 0.370 e. The van der Waals surface area contributed by atoms with E-state index < -0.39 is 10.0 Å². The molecule has 1 atom stereocenters. The molecular formula is C29H33BrClN5O2S. The molecule has 1 fully saturated rings. The van der Waals surface area contributed by atoms with Crippen molar-refractivity contribution in [2.24, 2.45) is 5.92 Å². The maximum Gasteiger partial charge on any atom is 0.243 e. The van der Waals surface area contributed by atoms with Crippen LogP contribution in [0, 0.1) is 5.92 Å². The van der Waals surface area contributed by atoms with Crippen LogP contribution in [0.15, 0.2) is 70.2 Å². The summed E-state index contributed by atoms with van der Waals surface area (Å²) in [5.41, 5.74) is 3.41. The quantitative estimate of drug-likeness (QED) is 0.227. The lowest BCUT2D eigenvalue weighted by Crippen LogP contribution is -2.41. The Labute approximate surface area is 243 Å². The van der Waals surface area contributed by atoms with Crippen LogP contribution in [-0.4, -0.2) is 47.0 Å². The molecule has 4 aromatic rings. The second-order valence-corrected chi connectivity index (χ2v) is 13.9. The summed E-state index contributed by atoms with van der Waals surface area (Å²) in [7, 11) is -3.57. The van der Waals surface area contributed by atoms with Gasteiger partial charge in [-0.2, -0.15) is 13.9 Å². The predicted octanol–water partition coefficient (Wildman–Crippen LogP) is 7.01. The molecule has 1 saturated heterocycles. The maximum atomic E-state index is 13.5. The van der Waals surface area contributed by atoms with Gasteiger partial charge < -0.3 is 5.32 Å². The van der Waals surface area contributed by atoms with Gasteiger partial charge in [0.25, 0.3) is 0 Å². The van der Waals surface area contributed by atoms with Gasteiger partial charge in [-0.15, -0.1) is 0 Å². The lowest BCUT2D eigenvalue weighted by atomic mass is 9.82. The highest BCUT2D eigenvalue weighted by Gasteiger charge is 2.31. The summed E-state index contributed by atoms with van der Waals surface area (Å²) in [4.78, 5) is 5.12. The number of hydrogen-bond donors (Lipinski definition) is 1. The monoisotopic (exact) mass is 629 g/mol. The van der Waals surface area contributed by atoms with Crippen molar-refractivity contribution in [2.45, 2.75) is 50.3 Å². The summed E-state index contributed by atoms with van der Waals surface area (Å²) in [5, 5.41) is 8.61. The third kappa shape index (κ3) is 5.73. The third-order valence-corrected chi connectivity index (χ3v) is 10.6. The average molecular weight is 631 g/mol. The maximum absolute atomic E-state index is 13.5. The second-order valence-electron chi connectivity index (χ2n) is 10.7. The first-order valence-electron chi connectivity index (χ1n) is 13.2. The molecule has 3 heterocycles. The van der Waals surface area contributed by atoms with Crippen molar-refractivity contribution in [1.29, 1.82) is 0 Å². The summed E-state index contributed by atoms with van der Waals surface area (Å²) >= 11 is 10.0. The van der Waals surface area contributed by atoms with E-state index in [9.17, 15) is 8.42 Å². The van der Waals surface area contributed by atoms with Crippen LogP contribution in [0.25, 0.3) is 16.9 Å². The fraction of sp³-hybridized carbons (Fsp3) is 0.379. The van der Waals surface area contributed by atoms with E-state index in [1.807, 2.05) is 42.5 Å². The minimum Gasteiger partial charge on any atom is -0.370 e. The summed E-state index contributed by atoms with van der Waals surface area (Å²) in [6.07, 6.45) is 4.46. The summed E-state index contributed by atoms with van der Waals surface area (Å²) in [6.45, 7) is 8.10. The van der Waals surface area contributed by atoms with E-state index in [0.29, 0.717) is 35.2 Å². The zero-order chi connectivity index (χ0) is 27.8.